The van der Waals surface area contributed by atoms with Crippen molar-refractivity contribution in [2.24, 2.45) is 5.10 Å². The monoisotopic (exact) mass is 669 g/mol. The van der Waals surface area contributed by atoms with Crippen LogP contribution in [0.2, 0.25) is 0 Å². The van der Waals surface area contributed by atoms with Crippen molar-refractivity contribution < 1.29 is 35.9 Å². The van der Waals surface area contributed by atoms with Gasteiger partial charge in [-0.1, -0.05) is 36.4 Å². The van der Waals surface area contributed by atoms with Gasteiger partial charge in [-0.05, 0) is 66.9 Å². The molecule has 3 aromatic carbocycles. The van der Waals surface area contributed by atoms with Gasteiger partial charge in [-0.3, -0.25) is 9.59 Å². The largest absolute Gasteiger partial charge is 0.484 e. The maximum Gasteiger partial charge on any atom is 0.259 e. The Morgan fingerprint density at radius 2 is 1.54 bits per heavy atom. The first-order valence-corrected chi connectivity index (χ1v) is 17.6. The second kappa shape index (κ2) is 15.0. The van der Waals surface area contributed by atoms with E-state index in [4.69, 9.17) is 9.47 Å². The fourth-order valence-electron chi connectivity index (χ4n) is 5.06. The number of hydrogen-bond acceptors (Lipinski definition) is 9. The summed E-state index contributed by atoms with van der Waals surface area (Å²) in [4.78, 5) is 25.5. The topological polar surface area (TPSA) is 164 Å². The predicted octanol–water partition coefficient (Wildman–Crippen LogP) is 1.57. The molecule has 244 valence electrons. The van der Waals surface area contributed by atoms with Gasteiger partial charge in [-0.25, -0.2) is 22.3 Å². The molecule has 5 rings (SSSR count). The van der Waals surface area contributed by atoms with Gasteiger partial charge in [0, 0.05) is 32.8 Å². The van der Waals surface area contributed by atoms with Gasteiger partial charge in [0.1, 0.15) is 11.8 Å². The Hall–Kier alpha value is -4.15. The first-order valence-electron chi connectivity index (χ1n) is 14.7. The number of benzene rings is 3. The molecule has 2 atom stereocenters. The molecule has 2 amide bonds. The van der Waals surface area contributed by atoms with Crippen molar-refractivity contribution >= 4 is 38.1 Å². The van der Waals surface area contributed by atoms with E-state index < -0.39 is 38.5 Å². The summed E-state index contributed by atoms with van der Waals surface area (Å²) in [5, 5.41) is 6.77. The second-order valence-corrected chi connectivity index (χ2v) is 14.5. The third-order valence-electron chi connectivity index (χ3n) is 7.52. The van der Waals surface area contributed by atoms with E-state index in [1.807, 2.05) is 0 Å². The average Bonchev–Trinajstić information content (AvgIpc) is 3.61. The molecule has 2 aliphatic heterocycles. The number of hydrogen-bond donors (Lipinski definition) is 2. The molecule has 15 heteroatoms. The van der Waals surface area contributed by atoms with Gasteiger partial charge in [0.05, 0.1) is 22.1 Å². The average molecular weight is 670 g/mol. The van der Waals surface area contributed by atoms with Crippen LogP contribution in [0.3, 0.4) is 0 Å². The summed E-state index contributed by atoms with van der Waals surface area (Å²) < 4.78 is 66.9. The van der Waals surface area contributed by atoms with Crippen molar-refractivity contribution in [1.82, 2.24) is 19.4 Å². The minimum absolute atomic E-state index is 0.0155. The summed E-state index contributed by atoms with van der Waals surface area (Å²) in [6.07, 6.45) is 3.31. The van der Waals surface area contributed by atoms with E-state index in [1.54, 1.807) is 60.7 Å². The molecule has 0 spiro atoms. The van der Waals surface area contributed by atoms with Crippen LogP contribution in [0.15, 0.2) is 99.8 Å². The van der Waals surface area contributed by atoms with E-state index in [-0.39, 0.29) is 41.5 Å². The Kier molecular flexibility index (Phi) is 10.8. The molecular formula is C31H35N5O8S2. The molecule has 0 aromatic heterocycles. The van der Waals surface area contributed by atoms with E-state index in [0.29, 0.717) is 24.5 Å². The highest BCUT2D eigenvalue weighted by Crippen LogP contribution is 2.25. The lowest BCUT2D eigenvalue weighted by Crippen LogP contribution is -2.60. The number of piperazine rings is 1. The molecule has 46 heavy (non-hydrogen) atoms. The van der Waals surface area contributed by atoms with Crippen LogP contribution < -0.4 is 15.5 Å². The number of carbonyl (C=O) groups is 2. The number of sulfonamides is 2. The fraction of sp³-hybridized carbons (Fsp3) is 0.323. The Morgan fingerprint density at radius 1 is 0.891 bits per heavy atom. The van der Waals surface area contributed by atoms with E-state index in [2.05, 4.69) is 15.8 Å². The first-order chi connectivity index (χ1) is 22.1. The lowest BCUT2D eigenvalue weighted by Gasteiger charge is -2.38. The Bertz CT molecular complexity index is 1730. The molecule has 0 saturated carbocycles. The van der Waals surface area contributed by atoms with Crippen molar-refractivity contribution in [2.45, 2.75) is 34.8 Å². The highest BCUT2D eigenvalue weighted by molar-refractivity contribution is 7.89. The molecule has 0 aliphatic carbocycles. The molecule has 2 fully saturated rings. The number of nitrogens with one attached hydrogen (secondary N) is 2. The summed E-state index contributed by atoms with van der Waals surface area (Å²) in [7, 11) is -8.14. The molecule has 0 radical (unpaired) electrons. The third kappa shape index (κ3) is 8.16. The lowest BCUT2D eigenvalue weighted by molar-refractivity contribution is -0.126. The van der Waals surface area contributed by atoms with Crippen LogP contribution in [-0.4, -0.2) is 95.0 Å². The van der Waals surface area contributed by atoms with Crippen molar-refractivity contribution in [3.63, 3.8) is 0 Å². The number of amides is 2. The van der Waals surface area contributed by atoms with E-state index in [1.165, 1.54) is 30.5 Å². The van der Waals surface area contributed by atoms with Crippen LogP contribution in [0.25, 0.3) is 0 Å². The smallest absolute Gasteiger partial charge is 0.259 e. The van der Waals surface area contributed by atoms with Crippen LogP contribution in [-0.2, 0) is 34.4 Å². The molecule has 2 N–H and O–H groups in total. The van der Waals surface area contributed by atoms with Crippen molar-refractivity contribution in [3.8, 4) is 5.75 Å². The van der Waals surface area contributed by atoms with Crippen LogP contribution >= 0.6 is 0 Å². The predicted molar refractivity (Wildman–Crippen MR) is 169 cm³/mol. The van der Waals surface area contributed by atoms with E-state index >= 15 is 0 Å². The zero-order valence-corrected chi connectivity index (χ0v) is 26.5. The number of rotatable bonds is 12. The fourth-order valence-corrected chi connectivity index (χ4v) is 8.11. The number of ether oxygens (including phenoxy) is 2. The molecule has 0 bridgehead atoms. The summed E-state index contributed by atoms with van der Waals surface area (Å²) in [6, 6.07) is 20.6. The van der Waals surface area contributed by atoms with Crippen LogP contribution in [0.4, 0.5) is 0 Å². The van der Waals surface area contributed by atoms with Gasteiger partial charge in [0.2, 0.25) is 20.0 Å². The summed E-state index contributed by atoms with van der Waals surface area (Å²) in [5.74, 6) is -0.597. The Morgan fingerprint density at radius 3 is 2.17 bits per heavy atom. The zero-order chi connectivity index (χ0) is 32.6. The van der Waals surface area contributed by atoms with Crippen LogP contribution in [0, 0.1) is 0 Å². The van der Waals surface area contributed by atoms with Gasteiger partial charge in [-0.2, -0.15) is 13.7 Å². The molecule has 2 heterocycles. The van der Waals surface area contributed by atoms with Gasteiger partial charge in [-0.15, -0.1) is 0 Å². The standard InChI is InChI=1S/C31H35N5O8S2/c37-30(32-21-26-8-7-19-43-26)23-44-25-15-13-24(14-16-25)20-33-34-31(38)29-22-35(45(39,40)27-9-3-1-4-10-27)17-18-36(29)46(41,42)28-11-5-2-6-12-28/h1-6,9-16,20,26,29H,7-8,17-19,21-23H2,(H,32,37)(H,34,38)/b33-20-/t26-,29-/m0/s1. The zero-order valence-electron chi connectivity index (χ0n) is 24.9. The van der Waals surface area contributed by atoms with Crippen molar-refractivity contribution in [2.75, 3.05) is 39.4 Å². The SMILES string of the molecule is O=C(COc1ccc(/C=N\NC(=O)[C@@H]2CN(S(=O)(=O)c3ccccc3)CCN2S(=O)(=O)c2ccccc2)cc1)NC[C@@H]1CCCO1. The highest BCUT2D eigenvalue weighted by atomic mass is 32.2. The minimum Gasteiger partial charge on any atom is -0.484 e. The molecule has 2 saturated heterocycles. The molecule has 0 unspecified atom stereocenters. The quantitative estimate of drug-likeness (QED) is 0.217. The molecule has 2 aliphatic rings. The van der Waals surface area contributed by atoms with Gasteiger partial charge in [0.25, 0.3) is 11.8 Å². The van der Waals surface area contributed by atoms with E-state index in [0.717, 1.165) is 21.5 Å². The summed E-state index contributed by atoms with van der Waals surface area (Å²) in [6.45, 7) is 0.222. The van der Waals surface area contributed by atoms with Crippen LogP contribution in [0.1, 0.15) is 18.4 Å². The highest BCUT2D eigenvalue weighted by Gasteiger charge is 2.43. The maximum absolute atomic E-state index is 13.5. The van der Waals surface area contributed by atoms with Crippen LogP contribution in [0.5, 0.6) is 5.75 Å². The number of nitrogens with zero attached hydrogens (tertiary/aromatic N) is 3. The van der Waals surface area contributed by atoms with Gasteiger partial charge in [0.15, 0.2) is 6.61 Å². The minimum atomic E-state index is -4.14. The maximum atomic E-state index is 13.5. The van der Waals surface area contributed by atoms with Crippen molar-refractivity contribution in [3.05, 3.63) is 90.5 Å². The Balaban J connectivity index is 1.23. The third-order valence-corrected chi connectivity index (χ3v) is 11.3. The number of hydrazone groups is 1. The van der Waals surface area contributed by atoms with Gasteiger partial charge < -0.3 is 14.8 Å². The second-order valence-electron chi connectivity index (χ2n) is 10.7. The van der Waals surface area contributed by atoms with Gasteiger partial charge >= 0.3 is 0 Å². The number of carbonyl (C=O) groups excluding carboxylic acids is 2. The molecule has 13 nitrogen and oxygen atoms in total. The summed E-state index contributed by atoms with van der Waals surface area (Å²) in [5.41, 5.74) is 2.95. The first kappa shape index (κ1) is 33.2. The van der Waals surface area contributed by atoms with E-state index in [9.17, 15) is 26.4 Å². The van der Waals surface area contributed by atoms with Crippen molar-refractivity contribution in [1.29, 1.82) is 0 Å². The Labute approximate surface area is 268 Å². The molecular weight excluding hydrogens is 635 g/mol. The molecule has 3 aromatic rings. The summed E-state index contributed by atoms with van der Waals surface area (Å²) >= 11 is 0. The lowest BCUT2D eigenvalue weighted by atomic mass is 10.2. The normalized spacial score (nSPS) is 19.6.